The summed E-state index contributed by atoms with van der Waals surface area (Å²) in [4.78, 5) is 8.81. The zero-order chi connectivity index (χ0) is 13.4. The van der Waals surface area contributed by atoms with E-state index < -0.39 is 5.92 Å². The van der Waals surface area contributed by atoms with E-state index >= 15 is 0 Å². The van der Waals surface area contributed by atoms with Gasteiger partial charge in [-0.05, 0) is 13.3 Å². The van der Waals surface area contributed by atoms with Gasteiger partial charge in [0.15, 0.2) is 0 Å². The quantitative estimate of drug-likeness (QED) is 0.457. The summed E-state index contributed by atoms with van der Waals surface area (Å²) in [6.07, 6.45) is 4.63. The maximum Gasteiger partial charge on any atom is 0.247 e. The van der Waals surface area contributed by atoms with Crippen LogP contribution in [0.15, 0.2) is 0 Å². The number of unbranched alkanes of at least 4 members (excludes halogenated alkanes) is 3. The minimum atomic E-state index is -2.41. The predicted molar refractivity (Wildman–Crippen MR) is 67.1 cm³/mol. The summed E-state index contributed by atoms with van der Waals surface area (Å²) in [6, 6.07) is 0. The van der Waals surface area contributed by atoms with Crippen LogP contribution in [0.5, 0.6) is 0 Å². The van der Waals surface area contributed by atoms with Crippen LogP contribution in [-0.4, -0.2) is 12.2 Å². The average Bonchev–Trinajstić information content (AvgIpc) is 2.28. The van der Waals surface area contributed by atoms with E-state index in [0.717, 1.165) is 25.5 Å². The maximum atomic E-state index is 12.6. The molecular formula is C13H28F2O. The lowest BCUT2D eigenvalue weighted by molar-refractivity contribution is -0.106. The van der Waals surface area contributed by atoms with Crippen molar-refractivity contribution >= 4 is 6.29 Å². The summed E-state index contributed by atoms with van der Waals surface area (Å²) in [6.45, 7) is 9.07. The lowest BCUT2D eigenvalue weighted by Gasteiger charge is -2.12. The van der Waals surface area contributed by atoms with Crippen molar-refractivity contribution < 1.29 is 13.6 Å². The van der Waals surface area contributed by atoms with Gasteiger partial charge in [-0.3, -0.25) is 0 Å². The number of rotatable bonds is 6. The minimum Gasteiger partial charge on any atom is -0.304 e. The first-order valence-electron chi connectivity index (χ1n) is 6.31. The lowest BCUT2D eigenvalue weighted by atomic mass is 10.1. The third kappa shape index (κ3) is 23.4. The molecule has 0 N–H and O–H groups in total. The fourth-order valence-electron chi connectivity index (χ4n) is 0.987. The molecule has 1 nitrogen and oxygen atoms in total. The van der Waals surface area contributed by atoms with E-state index in [4.69, 9.17) is 4.79 Å². The summed E-state index contributed by atoms with van der Waals surface area (Å²) in [5.41, 5.74) is 0. The van der Waals surface area contributed by atoms with Crippen molar-refractivity contribution in [1.82, 2.24) is 0 Å². The molecule has 0 aliphatic heterocycles. The maximum absolute atomic E-state index is 12.6. The number of halogens is 2. The molecule has 0 unspecified atom stereocenters. The molecule has 16 heavy (non-hydrogen) atoms. The Balaban J connectivity index is -0.000000289. The van der Waals surface area contributed by atoms with Gasteiger partial charge in [-0.15, -0.1) is 0 Å². The van der Waals surface area contributed by atoms with E-state index in [1.165, 1.54) is 6.92 Å². The van der Waals surface area contributed by atoms with Gasteiger partial charge in [-0.25, -0.2) is 8.78 Å². The number of aldehydes is 1. The van der Waals surface area contributed by atoms with Crippen LogP contribution < -0.4 is 0 Å². The predicted octanol–water partition coefficient (Wildman–Crippen LogP) is 5.23. The Morgan fingerprint density at radius 2 is 1.50 bits per heavy atom. The van der Waals surface area contributed by atoms with Gasteiger partial charge in [0.25, 0.3) is 0 Å². The molecule has 100 valence electrons. The average molecular weight is 238 g/mol. The molecule has 0 aliphatic carbocycles. The Hall–Kier alpha value is -0.470. The molecule has 0 spiro atoms. The minimum absolute atomic E-state index is 0.0148. The summed E-state index contributed by atoms with van der Waals surface area (Å²) in [5, 5.41) is 0. The number of hydrogen-bond acceptors (Lipinski definition) is 1. The molecule has 0 rings (SSSR count). The van der Waals surface area contributed by atoms with Crippen LogP contribution >= 0.6 is 0 Å². The van der Waals surface area contributed by atoms with E-state index in [2.05, 4.69) is 6.92 Å². The highest BCUT2D eigenvalue weighted by molar-refractivity contribution is 5.44. The van der Waals surface area contributed by atoms with Crippen molar-refractivity contribution in [1.29, 1.82) is 0 Å². The molecule has 0 aromatic heterocycles. The Bertz CT molecular complexity index is 125. The Morgan fingerprint density at radius 1 is 1.06 bits per heavy atom. The van der Waals surface area contributed by atoms with E-state index in [1.54, 1.807) is 6.92 Å². The second kappa shape index (κ2) is 16.9. The van der Waals surface area contributed by atoms with E-state index in [-0.39, 0.29) is 12.8 Å². The van der Waals surface area contributed by atoms with Crippen LogP contribution in [0.2, 0.25) is 0 Å². The van der Waals surface area contributed by atoms with Crippen LogP contribution in [0.25, 0.3) is 0 Å². The van der Waals surface area contributed by atoms with E-state index in [0.29, 0.717) is 6.42 Å². The highest BCUT2D eigenvalue weighted by Gasteiger charge is 2.24. The normalized spacial score (nSPS) is 9.44. The molecule has 0 fully saturated rings. The van der Waals surface area contributed by atoms with Crippen LogP contribution in [0.3, 0.4) is 0 Å². The summed E-state index contributed by atoms with van der Waals surface area (Å²) in [5.74, 6) is -2.41. The molecule has 0 heterocycles. The number of carbonyl (C=O) groups excluding carboxylic acids is 1. The zero-order valence-corrected chi connectivity index (χ0v) is 11.5. The van der Waals surface area contributed by atoms with Crippen LogP contribution in [0.1, 0.15) is 73.1 Å². The van der Waals surface area contributed by atoms with Gasteiger partial charge in [-0.2, -0.15) is 0 Å². The van der Waals surface area contributed by atoms with Crippen LogP contribution in [-0.2, 0) is 4.79 Å². The first kappa shape index (κ1) is 20.9. The molecule has 0 radical (unpaired) electrons. The molecule has 0 saturated heterocycles. The van der Waals surface area contributed by atoms with Crippen molar-refractivity contribution in [3.8, 4) is 0 Å². The number of alkyl halides is 2. The molecule has 3 heteroatoms. The number of carbonyl (C=O) groups is 1. The fourth-order valence-corrected chi connectivity index (χ4v) is 0.987. The van der Waals surface area contributed by atoms with Gasteiger partial charge < -0.3 is 4.79 Å². The third-order valence-electron chi connectivity index (χ3n) is 1.91. The summed E-state index contributed by atoms with van der Waals surface area (Å²) < 4.78 is 25.2. The Kier molecular flexibility index (Phi) is 22.1. The van der Waals surface area contributed by atoms with Crippen molar-refractivity contribution in [3.63, 3.8) is 0 Å². The SMILES string of the molecule is CC.CC=O.CCCCCCC(F)(F)CC. The molecule has 0 aliphatic rings. The highest BCUT2D eigenvalue weighted by Crippen LogP contribution is 2.24. The van der Waals surface area contributed by atoms with Crippen molar-refractivity contribution in [2.75, 3.05) is 0 Å². The zero-order valence-electron chi connectivity index (χ0n) is 11.5. The monoisotopic (exact) mass is 238 g/mol. The molecule has 0 aromatic rings. The number of hydrogen-bond donors (Lipinski definition) is 0. The summed E-state index contributed by atoms with van der Waals surface area (Å²) >= 11 is 0. The Morgan fingerprint density at radius 3 is 1.81 bits per heavy atom. The lowest BCUT2D eigenvalue weighted by Crippen LogP contribution is -2.13. The van der Waals surface area contributed by atoms with Crippen molar-refractivity contribution in [2.24, 2.45) is 0 Å². The van der Waals surface area contributed by atoms with E-state index in [1.807, 2.05) is 13.8 Å². The van der Waals surface area contributed by atoms with Crippen LogP contribution in [0.4, 0.5) is 8.78 Å². The first-order chi connectivity index (χ1) is 7.54. The van der Waals surface area contributed by atoms with Crippen molar-refractivity contribution in [2.45, 2.75) is 79.1 Å². The third-order valence-corrected chi connectivity index (χ3v) is 1.91. The van der Waals surface area contributed by atoms with Crippen molar-refractivity contribution in [3.05, 3.63) is 0 Å². The second-order valence-electron chi connectivity index (χ2n) is 3.26. The standard InChI is InChI=1S/C9H18F2.C2H4O.C2H6/c1-3-5-6-7-8-9(10,11)4-2;1-2-3;1-2/h3-8H2,1-2H3;2H,1H3;1-2H3. The second-order valence-corrected chi connectivity index (χ2v) is 3.26. The fraction of sp³-hybridized carbons (Fsp3) is 0.923. The van der Waals surface area contributed by atoms with Gasteiger partial charge in [0.05, 0.1) is 0 Å². The Labute approximate surface area is 99.6 Å². The van der Waals surface area contributed by atoms with Gasteiger partial charge >= 0.3 is 0 Å². The highest BCUT2D eigenvalue weighted by atomic mass is 19.3. The first-order valence-corrected chi connectivity index (χ1v) is 6.31. The molecule has 0 amide bonds. The smallest absolute Gasteiger partial charge is 0.247 e. The van der Waals surface area contributed by atoms with Crippen LogP contribution in [0, 0.1) is 0 Å². The van der Waals surface area contributed by atoms with Gasteiger partial charge in [0.1, 0.15) is 6.29 Å². The molecular weight excluding hydrogens is 210 g/mol. The largest absolute Gasteiger partial charge is 0.304 e. The van der Waals surface area contributed by atoms with Gasteiger partial charge in [0, 0.05) is 12.8 Å². The van der Waals surface area contributed by atoms with E-state index in [9.17, 15) is 8.78 Å². The van der Waals surface area contributed by atoms with Gasteiger partial charge in [-0.1, -0.05) is 47.0 Å². The molecule has 0 aromatic carbocycles. The topological polar surface area (TPSA) is 17.1 Å². The molecule has 0 saturated carbocycles. The summed E-state index contributed by atoms with van der Waals surface area (Å²) in [7, 11) is 0. The molecule has 0 atom stereocenters. The molecule has 0 bridgehead atoms. The van der Waals surface area contributed by atoms with Gasteiger partial charge in [0.2, 0.25) is 5.92 Å².